The van der Waals surface area contributed by atoms with Crippen molar-refractivity contribution in [2.45, 2.75) is 32.2 Å². The molecule has 1 aromatic heterocycles. The Morgan fingerprint density at radius 3 is 2.64 bits per heavy atom. The van der Waals surface area contributed by atoms with Crippen LogP contribution in [0.4, 0.5) is 0 Å². The van der Waals surface area contributed by atoms with Gasteiger partial charge in [-0.3, -0.25) is 4.90 Å². The van der Waals surface area contributed by atoms with Gasteiger partial charge in [0.25, 0.3) is 0 Å². The standard InChI is InChI=1S/C19H25N3O3/c1-14(22-10-7-19(13-22)8-11-24-12-9-19)18-20-17(21-25-18)15-3-5-16(23-2)6-4-15/h3-6,14H,7-13H2,1-2H3. The van der Waals surface area contributed by atoms with Crippen molar-refractivity contribution in [3.63, 3.8) is 0 Å². The van der Waals surface area contributed by atoms with Crippen LogP contribution in [0.3, 0.4) is 0 Å². The summed E-state index contributed by atoms with van der Waals surface area (Å²) in [6.45, 7) is 6.12. The molecule has 0 saturated carbocycles. The molecular formula is C19H25N3O3. The van der Waals surface area contributed by atoms with Gasteiger partial charge >= 0.3 is 0 Å². The first kappa shape index (κ1) is 16.5. The lowest BCUT2D eigenvalue weighted by Gasteiger charge is -2.34. The Bertz CT molecular complexity index is 707. The van der Waals surface area contributed by atoms with Crippen LogP contribution in [-0.2, 0) is 4.74 Å². The monoisotopic (exact) mass is 343 g/mol. The van der Waals surface area contributed by atoms with Crippen LogP contribution in [0, 0.1) is 5.41 Å². The summed E-state index contributed by atoms with van der Waals surface area (Å²) in [5.41, 5.74) is 1.36. The summed E-state index contributed by atoms with van der Waals surface area (Å²) in [5, 5.41) is 4.16. The number of methoxy groups -OCH3 is 1. The summed E-state index contributed by atoms with van der Waals surface area (Å²) in [5.74, 6) is 2.14. The van der Waals surface area contributed by atoms with Crippen molar-refractivity contribution in [3.05, 3.63) is 30.2 Å². The Morgan fingerprint density at radius 1 is 1.16 bits per heavy atom. The zero-order valence-electron chi connectivity index (χ0n) is 14.9. The number of hydrogen-bond donors (Lipinski definition) is 0. The van der Waals surface area contributed by atoms with E-state index in [1.165, 1.54) is 6.42 Å². The molecule has 0 amide bonds. The molecule has 6 nitrogen and oxygen atoms in total. The van der Waals surface area contributed by atoms with E-state index in [2.05, 4.69) is 22.0 Å². The van der Waals surface area contributed by atoms with Crippen LogP contribution in [0.5, 0.6) is 5.75 Å². The van der Waals surface area contributed by atoms with Gasteiger partial charge in [-0.15, -0.1) is 0 Å². The van der Waals surface area contributed by atoms with Crippen LogP contribution in [0.1, 0.15) is 38.1 Å². The number of nitrogens with zero attached hydrogens (tertiary/aromatic N) is 3. The zero-order chi connectivity index (χ0) is 17.3. The maximum atomic E-state index is 5.57. The van der Waals surface area contributed by atoms with Gasteiger partial charge in [0.2, 0.25) is 11.7 Å². The second kappa shape index (κ2) is 6.77. The first-order valence-electron chi connectivity index (χ1n) is 8.99. The zero-order valence-corrected chi connectivity index (χ0v) is 14.9. The van der Waals surface area contributed by atoms with E-state index in [1.54, 1.807) is 7.11 Å². The third-order valence-corrected chi connectivity index (χ3v) is 5.72. The first-order chi connectivity index (χ1) is 12.2. The van der Waals surface area contributed by atoms with Gasteiger partial charge in [0.1, 0.15) is 5.75 Å². The van der Waals surface area contributed by atoms with Crippen LogP contribution in [0.15, 0.2) is 28.8 Å². The normalized spacial score (nSPS) is 21.5. The summed E-state index contributed by atoms with van der Waals surface area (Å²) in [7, 11) is 1.66. The van der Waals surface area contributed by atoms with Gasteiger partial charge in [0.05, 0.1) is 13.2 Å². The molecule has 6 heteroatoms. The summed E-state index contributed by atoms with van der Waals surface area (Å²) < 4.78 is 16.3. The molecular weight excluding hydrogens is 318 g/mol. The van der Waals surface area contributed by atoms with Crippen molar-refractivity contribution >= 4 is 0 Å². The van der Waals surface area contributed by atoms with Crippen molar-refractivity contribution in [2.75, 3.05) is 33.4 Å². The van der Waals surface area contributed by atoms with Crippen LogP contribution < -0.4 is 4.74 Å². The molecule has 0 bridgehead atoms. The highest BCUT2D eigenvalue weighted by atomic mass is 16.5. The van der Waals surface area contributed by atoms with Crippen LogP contribution in [0.2, 0.25) is 0 Å². The molecule has 0 N–H and O–H groups in total. The van der Waals surface area contributed by atoms with Gasteiger partial charge in [-0.1, -0.05) is 5.16 Å². The third kappa shape index (κ3) is 3.28. The smallest absolute Gasteiger partial charge is 0.244 e. The van der Waals surface area contributed by atoms with E-state index in [1.807, 2.05) is 24.3 Å². The van der Waals surface area contributed by atoms with Crippen molar-refractivity contribution in [1.29, 1.82) is 0 Å². The Hall–Kier alpha value is -1.92. The van der Waals surface area contributed by atoms with Crippen LogP contribution in [0.25, 0.3) is 11.4 Å². The summed E-state index contributed by atoms with van der Waals surface area (Å²) in [6, 6.07) is 7.85. The number of rotatable bonds is 4. The second-order valence-corrected chi connectivity index (χ2v) is 7.19. The fourth-order valence-corrected chi connectivity index (χ4v) is 3.93. The fourth-order valence-electron chi connectivity index (χ4n) is 3.93. The van der Waals surface area contributed by atoms with E-state index in [9.17, 15) is 0 Å². The molecule has 2 saturated heterocycles. The van der Waals surface area contributed by atoms with Gasteiger partial charge in [-0.05, 0) is 62.4 Å². The fraction of sp³-hybridized carbons (Fsp3) is 0.579. The number of ether oxygens (including phenoxy) is 2. The maximum absolute atomic E-state index is 5.57. The first-order valence-corrected chi connectivity index (χ1v) is 8.99. The number of likely N-dealkylation sites (tertiary alicyclic amines) is 1. The lowest BCUT2D eigenvalue weighted by Crippen LogP contribution is -2.34. The predicted octanol–water partition coefficient (Wildman–Crippen LogP) is 3.31. The molecule has 2 aromatic rings. The number of hydrogen-bond acceptors (Lipinski definition) is 6. The molecule has 25 heavy (non-hydrogen) atoms. The predicted molar refractivity (Wildman–Crippen MR) is 93.4 cm³/mol. The topological polar surface area (TPSA) is 60.6 Å². The molecule has 1 aromatic carbocycles. The average Bonchev–Trinajstić information content (AvgIpc) is 3.30. The van der Waals surface area contributed by atoms with Crippen molar-refractivity contribution in [1.82, 2.24) is 15.0 Å². The third-order valence-electron chi connectivity index (χ3n) is 5.72. The molecule has 134 valence electrons. The van der Waals surface area contributed by atoms with Crippen LogP contribution in [-0.4, -0.2) is 48.5 Å². The Morgan fingerprint density at radius 2 is 1.92 bits per heavy atom. The van der Waals surface area contributed by atoms with Crippen LogP contribution >= 0.6 is 0 Å². The van der Waals surface area contributed by atoms with Gasteiger partial charge in [0, 0.05) is 25.3 Å². The van der Waals surface area contributed by atoms with E-state index < -0.39 is 0 Å². The average molecular weight is 343 g/mol. The van der Waals surface area contributed by atoms with Crippen molar-refractivity contribution in [2.24, 2.45) is 5.41 Å². The molecule has 0 radical (unpaired) electrons. The van der Waals surface area contributed by atoms with Crippen molar-refractivity contribution in [3.8, 4) is 17.1 Å². The second-order valence-electron chi connectivity index (χ2n) is 7.19. The number of benzene rings is 1. The highest BCUT2D eigenvalue weighted by Gasteiger charge is 2.41. The van der Waals surface area contributed by atoms with E-state index in [0.29, 0.717) is 17.1 Å². The lowest BCUT2D eigenvalue weighted by molar-refractivity contribution is 0.0167. The minimum atomic E-state index is 0.140. The highest BCUT2D eigenvalue weighted by Crippen LogP contribution is 2.42. The molecule has 4 rings (SSSR count). The van der Waals surface area contributed by atoms with Gasteiger partial charge in [-0.25, -0.2) is 0 Å². The van der Waals surface area contributed by atoms with Crippen molar-refractivity contribution < 1.29 is 14.0 Å². The molecule has 2 aliphatic rings. The van der Waals surface area contributed by atoms with Gasteiger partial charge < -0.3 is 14.0 Å². The lowest BCUT2D eigenvalue weighted by atomic mass is 9.80. The van der Waals surface area contributed by atoms with Gasteiger partial charge in [-0.2, -0.15) is 4.98 Å². The van der Waals surface area contributed by atoms with E-state index >= 15 is 0 Å². The SMILES string of the molecule is COc1ccc(-c2noc(C(C)N3CCC4(CCOCC4)C3)n2)cc1. The minimum absolute atomic E-state index is 0.140. The van der Waals surface area contributed by atoms with E-state index in [4.69, 9.17) is 14.0 Å². The molecule has 1 atom stereocenters. The summed E-state index contributed by atoms with van der Waals surface area (Å²) in [6.07, 6.45) is 3.56. The quantitative estimate of drug-likeness (QED) is 0.849. The van der Waals surface area contributed by atoms with Gasteiger partial charge in [0.15, 0.2) is 0 Å². The molecule has 2 aliphatic heterocycles. The summed E-state index contributed by atoms with van der Waals surface area (Å²) in [4.78, 5) is 7.10. The largest absolute Gasteiger partial charge is 0.497 e. The Labute approximate surface area is 148 Å². The number of aromatic nitrogens is 2. The van der Waals surface area contributed by atoms with E-state index in [-0.39, 0.29) is 6.04 Å². The van der Waals surface area contributed by atoms with E-state index in [0.717, 1.165) is 50.5 Å². The maximum Gasteiger partial charge on any atom is 0.244 e. The minimum Gasteiger partial charge on any atom is -0.497 e. The Balaban J connectivity index is 1.46. The molecule has 2 fully saturated rings. The molecule has 1 spiro atoms. The summed E-state index contributed by atoms with van der Waals surface area (Å²) >= 11 is 0. The highest BCUT2D eigenvalue weighted by molar-refractivity contribution is 5.55. The molecule has 1 unspecified atom stereocenters. The Kier molecular flexibility index (Phi) is 4.48. The molecule has 3 heterocycles. The molecule has 0 aliphatic carbocycles.